The first-order valence-electron chi connectivity index (χ1n) is 6.45. The number of rotatable bonds is 2. The fourth-order valence-electron chi connectivity index (χ4n) is 2.44. The highest BCUT2D eigenvalue weighted by atomic mass is 19.4. The first-order valence-corrected chi connectivity index (χ1v) is 6.45. The smallest absolute Gasteiger partial charge is 0.369 e. The van der Waals surface area contributed by atoms with Gasteiger partial charge in [-0.15, -0.1) is 0 Å². The molecule has 0 bridgehead atoms. The quantitative estimate of drug-likeness (QED) is 0.836. The molecule has 1 aromatic rings. The average molecular weight is 283 g/mol. The van der Waals surface area contributed by atoms with E-state index in [1.807, 2.05) is 25.1 Å². The van der Waals surface area contributed by atoms with E-state index >= 15 is 0 Å². The minimum Gasteiger partial charge on any atom is -0.369 e. The van der Waals surface area contributed by atoms with Gasteiger partial charge < -0.3 is 4.90 Å². The van der Waals surface area contributed by atoms with Gasteiger partial charge in [0.15, 0.2) is 0 Å². The lowest BCUT2D eigenvalue weighted by atomic mass is 10.1. The third-order valence-corrected chi connectivity index (χ3v) is 3.51. The highest BCUT2D eigenvalue weighted by Gasteiger charge is 2.35. The van der Waals surface area contributed by atoms with E-state index in [1.165, 1.54) is 4.90 Å². The van der Waals surface area contributed by atoms with Crippen LogP contribution in [0.5, 0.6) is 0 Å². The summed E-state index contributed by atoms with van der Waals surface area (Å²) in [5, 5.41) is 8.75. The molecular formula is C14H16F3N3. The van der Waals surface area contributed by atoms with Crippen LogP contribution >= 0.6 is 0 Å². The summed E-state index contributed by atoms with van der Waals surface area (Å²) in [5.41, 5.74) is 1.53. The Balaban J connectivity index is 1.99. The Morgan fingerprint density at radius 2 is 1.90 bits per heavy atom. The van der Waals surface area contributed by atoms with Gasteiger partial charge in [0.1, 0.15) is 0 Å². The van der Waals surface area contributed by atoms with Crippen LogP contribution < -0.4 is 4.90 Å². The molecule has 2 rings (SSSR count). The van der Waals surface area contributed by atoms with E-state index in [-0.39, 0.29) is 6.04 Å². The van der Waals surface area contributed by atoms with E-state index in [1.54, 1.807) is 12.1 Å². The largest absolute Gasteiger partial charge is 0.401 e. The van der Waals surface area contributed by atoms with E-state index in [9.17, 15) is 13.2 Å². The molecule has 1 aromatic carbocycles. The molecule has 1 aliphatic rings. The highest BCUT2D eigenvalue weighted by Crippen LogP contribution is 2.23. The number of nitrogens with zero attached hydrogens (tertiary/aromatic N) is 3. The zero-order valence-electron chi connectivity index (χ0n) is 11.2. The Morgan fingerprint density at radius 3 is 2.40 bits per heavy atom. The molecule has 0 N–H and O–H groups in total. The number of halogens is 3. The van der Waals surface area contributed by atoms with Gasteiger partial charge in [-0.2, -0.15) is 18.4 Å². The highest BCUT2D eigenvalue weighted by molar-refractivity contribution is 5.50. The Labute approximate surface area is 116 Å². The minimum absolute atomic E-state index is 0.152. The van der Waals surface area contributed by atoms with Crippen LogP contribution in [0.2, 0.25) is 0 Å². The summed E-state index contributed by atoms with van der Waals surface area (Å²) in [6, 6.07) is 9.02. The molecular weight excluding hydrogens is 267 g/mol. The van der Waals surface area contributed by atoms with Crippen LogP contribution in [-0.4, -0.2) is 43.3 Å². The summed E-state index contributed by atoms with van der Waals surface area (Å²) in [4.78, 5) is 3.51. The number of piperazine rings is 1. The number of anilines is 1. The summed E-state index contributed by atoms with van der Waals surface area (Å²) in [7, 11) is 0. The van der Waals surface area contributed by atoms with Gasteiger partial charge in [0, 0.05) is 31.4 Å². The van der Waals surface area contributed by atoms with E-state index in [4.69, 9.17) is 5.26 Å². The van der Waals surface area contributed by atoms with Gasteiger partial charge in [0.25, 0.3) is 0 Å². The average Bonchev–Trinajstić information content (AvgIpc) is 2.40. The summed E-state index contributed by atoms with van der Waals surface area (Å²) in [6.07, 6.45) is -4.15. The second kappa shape index (κ2) is 5.71. The van der Waals surface area contributed by atoms with Gasteiger partial charge >= 0.3 is 6.18 Å². The SMILES string of the molecule is CC1CN(c2ccc(C#N)cc2)CCN1CC(F)(F)F. The van der Waals surface area contributed by atoms with Crippen molar-refractivity contribution >= 4 is 5.69 Å². The molecule has 0 radical (unpaired) electrons. The second-order valence-electron chi connectivity index (χ2n) is 5.04. The van der Waals surface area contributed by atoms with Gasteiger partial charge in [0.05, 0.1) is 18.2 Å². The van der Waals surface area contributed by atoms with Crippen LogP contribution in [0.4, 0.5) is 18.9 Å². The lowest BCUT2D eigenvalue weighted by Crippen LogP contribution is -2.54. The third-order valence-electron chi connectivity index (χ3n) is 3.51. The second-order valence-corrected chi connectivity index (χ2v) is 5.04. The lowest BCUT2D eigenvalue weighted by Gasteiger charge is -2.41. The molecule has 1 heterocycles. The zero-order chi connectivity index (χ0) is 14.8. The van der Waals surface area contributed by atoms with Crippen molar-refractivity contribution in [2.75, 3.05) is 31.1 Å². The molecule has 0 spiro atoms. The minimum atomic E-state index is -4.15. The van der Waals surface area contributed by atoms with E-state index in [0.29, 0.717) is 25.2 Å². The lowest BCUT2D eigenvalue weighted by molar-refractivity contribution is -0.150. The van der Waals surface area contributed by atoms with Crippen LogP contribution in [0.25, 0.3) is 0 Å². The monoisotopic (exact) mass is 283 g/mol. The zero-order valence-corrected chi connectivity index (χ0v) is 11.2. The first-order chi connectivity index (χ1) is 9.39. The maximum Gasteiger partial charge on any atom is 0.401 e. The molecule has 0 aromatic heterocycles. The molecule has 0 aliphatic carbocycles. The molecule has 1 aliphatic heterocycles. The third kappa shape index (κ3) is 3.64. The van der Waals surface area contributed by atoms with Gasteiger partial charge in [-0.25, -0.2) is 0 Å². The Hall–Kier alpha value is -1.74. The Kier molecular flexibility index (Phi) is 4.19. The normalized spacial score (nSPS) is 20.8. The van der Waals surface area contributed by atoms with Crippen molar-refractivity contribution in [1.29, 1.82) is 5.26 Å². The summed E-state index contributed by atoms with van der Waals surface area (Å²) in [6.45, 7) is 2.46. The molecule has 1 atom stereocenters. The van der Waals surface area contributed by atoms with Crippen LogP contribution in [0.3, 0.4) is 0 Å². The maximum atomic E-state index is 12.4. The van der Waals surface area contributed by atoms with Crippen molar-refractivity contribution in [3.63, 3.8) is 0 Å². The topological polar surface area (TPSA) is 30.3 Å². The Morgan fingerprint density at radius 1 is 1.25 bits per heavy atom. The molecule has 6 heteroatoms. The molecule has 108 valence electrons. The maximum absolute atomic E-state index is 12.4. The summed E-state index contributed by atoms with van der Waals surface area (Å²) in [5.74, 6) is 0. The molecule has 1 saturated heterocycles. The molecule has 1 unspecified atom stereocenters. The predicted octanol–water partition coefficient (Wildman–Crippen LogP) is 2.63. The van der Waals surface area contributed by atoms with Gasteiger partial charge in [-0.3, -0.25) is 4.90 Å². The first kappa shape index (κ1) is 14.7. The standard InChI is InChI=1S/C14H16F3N3/c1-11-9-19(6-7-20(11)10-14(15,16)17)13-4-2-12(8-18)3-5-13/h2-5,11H,6-7,9-10H2,1H3. The Bertz CT molecular complexity index is 490. The molecule has 0 amide bonds. The number of hydrogen-bond donors (Lipinski definition) is 0. The van der Waals surface area contributed by atoms with Gasteiger partial charge in [0.2, 0.25) is 0 Å². The molecule has 20 heavy (non-hydrogen) atoms. The van der Waals surface area contributed by atoms with Crippen LogP contribution in [0.15, 0.2) is 24.3 Å². The van der Waals surface area contributed by atoms with Crippen LogP contribution in [0, 0.1) is 11.3 Å². The molecule has 1 fully saturated rings. The number of benzene rings is 1. The molecule has 0 saturated carbocycles. The van der Waals surface area contributed by atoms with Crippen molar-refractivity contribution in [1.82, 2.24) is 4.90 Å². The van der Waals surface area contributed by atoms with E-state index in [0.717, 1.165) is 5.69 Å². The van der Waals surface area contributed by atoms with E-state index < -0.39 is 12.7 Å². The number of alkyl halides is 3. The molecule has 3 nitrogen and oxygen atoms in total. The van der Waals surface area contributed by atoms with Crippen molar-refractivity contribution in [2.45, 2.75) is 19.1 Å². The fourth-order valence-corrected chi connectivity index (χ4v) is 2.44. The summed E-state index contributed by atoms with van der Waals surface area (Å²) >= 11 is 0. The fraction of sp³-hybridized carbons (Fsp3) is 0.500. The van der Waals surface area contributed by atoms with Crippen molar-refractivity contribution in [2.24, 2.45) is 0 Å². The number of hydrogen-bond acceptors (Lipinski definition) is 3. The van der Waals surface area contributed by atoms with Crippen molar-refractivity contribution in [3.05, 3.63) is 29.8 Å². The van der Waals surface area contributed by atoms with Gasteiger partial charge in [-0.1, -0.05) is 0 Å². The van der Waals surface area contributed by atoms with Crippen LogP contribution in [0.1, 0.15) is 12.5 Å². The van der Waals surface area contributed by atoms with E-state index in [2.05, 4.69) is 4.90 Å². The predicted molar refractivity (Wildman–Crippen MR) is 70.5 cm³/mol. The van der Waals surface area contributed by atoms with Crippen molar-refractivity contribution in [3.8, 4) is 6.07 Å². The van der Waals surface area contributed by atoms with Gasteiger partial charge in [-0.05, 0) is 31.2 Å². The van der Waals surface area contributed by atoms with Crippen molar-refractivity contribution < 1.29 is 13.2 Å². The van der Waals surface area contributed by atoms with Crippen LogP contribution in [-0.2, 0) is 0 Å². The number of nitriles is 1. The summed E-state index contributed by atoms with van der Waals surface area (Å²) < 4.78 is 37.3.